The lowest BCUT2D eigenvalue weighted by Crippen LogP contribution is -1.75. The molecule has 0 aliphatic rings. The van der Waals surface area contributed by atoms with Crippen molar-refractivity contribution in [3.63, 3.8) is 0 Å². The minimum Gasteiger partial charge on any atom is -0.392 e. The minimum atomic E-state index is 0.0972. The highest BCUT2D eigenvalue weighted by Gasteiger charge is 1.85. The zero-order chi connectivity index (χ0) is 9.52. The van der Waals surface area contributed by atoms with E-state index in [4.69, 9.17) is 5.11 Å². The molecule has 0 spiro atoms. The number of allylic oxidation sites excluding steroid dienone is 2. The molecule has 1 N–H and O–H groups in total. The monoisotopic (exact) mass is 174 g/mol. The van der Waals surface area contributed by atoms with Crippen LogP contribution in [0.4, 0.5) is 0 Å². The van der Waals surface area contributed by atoms with E-state index in [0.29, 0.717) is 0 Å². The van der Waals surface area contributed by atoms with E-state index >= 15 is 0 Å². The summed E-state index contributed by atoms with van der Waals surface area (Å²) in [6, 6.07) is 10.1. The topological polar surface area (TPSA) is 20.2 Å². The first-order valence-electron chi connectivity index (χ1n) is 4.33. The van der Waals surface area contributed by atoms with Gasteiger partial charge in [-0.15, -0.1) is 0 Å². The van der Waals surface area contributed by atoms with Gasteiger partial charge in [-0.3, -0.25) is 0 Å². The maximum atomic E-state index is 8.57. The van der Waals surface area contributed by atoms with E-state index in [1.54, 1.807) is 6.08 Å². The fourth-order valence-corrected chi connectivity index (χ4v) is 1.10. The Labute approximate surface area is 79.0 Å². The van der Waals surface area contributed by atoms with Crippen LogP contribution in [0.3, 0.4) is 0 Å². The summed E-state index contributed by atoms with van der Waals surface area (Å²) in [4.78, 5) is 0. The van der Waals surface area contributed by atoms with Gasteiger partial charge in [-0.25, -0.2) is 0 Å². The van der Waals surface area contributed by atoms with E-state index in [1.165, 1.54) is 5.56 Å². The molecular formula is C12H14O. The summed E-state index contributed by atoms with van der Waals surface area (Å²) in [5.74, 6) is 0. The van der Waals surface area contributed by atoms with E-state index in [-0.39, 0.29) is 6.61 Å². The average Bonchev–Trinajstić information content (AvgIpc) is 2.16. The molecule has 0 saturated carbocycles. The van der Waals surface area contributed by atoms with Crippen LogP contribution in [0.2, 0.25) is 0 Å². The molecule has 0 bridgehead atoms. The molecule has 0 fully saturated rings. The third kappa shape index (κ3) is 3.72. The Balaban J connectivity index is 2.71. The van der Waals surface area contributed by atoms with Gasteiger partial charge in [0.25, 0.3) is 0 Å². The van der Waals surface area contributed by atoms with Crippen LogP contribution < -0.4 is 0 Å². The molecule has 1 heteroatoms. The van der Waals surface area contributed by atoms with Crippen molar-refractivity contribution in [2.24, 2.45) is 0 Å². The van der Waals surface area contributed by atoms with Gasteiger partial charge in [-0.05, 0) is 12.5 Å². The van der Waals surface area contributed by atoms with Crippen LogP contribution in [-0.4, -0.2) is 11.7 Å². The van der Waals surface area contributed by atoms with Crippen LogP contribution in [0, 0.1) is 0 Å². The fraction of sp³-hybridized carbons (Fsp3) is 0.167. The lowest BCUT2D eigenvalue weighted by atomic mass is 10.1. The van der Waals surface area contributed by atoms with Gasteiger partial charge in [0.2, 0.25) is 0 Å². The number of aliphatic hydroxyl groups excluding tert-OH is 1. The van der Waals surface area contributed by atoms with E-state index < -0.39 is 0 Å². The number of hydrogen-bond donors (Lipinski definition) is 1. The molecule has 0 unspecified atom stereocenters. The van der Waals surface area contributed by atoms with E-state index in [0.717, 1.165) is 5.57 Å². The standard InChI is InChI=1S/C12H14O/c1-11(6-5-9-13)10-12-7-3-2-4-8-12/h2-8,10,13H,9H2,1H3. The summed E-state index contributed by atoms with van der Waals surface area (Å²) in [6.07, 6.45) is 5.72. The molecule has 1 rings (SSSR count). The van der Waals surface area contributed by atoms with Crippen LogP contribution in [0.5, 0.6) is 0 Å². The summed E-state index contributed by atoms with van der Waals surface area (Å²) < 4.78 is 0. The zero-order valence-corrected chi connectivity index (χ0v) is 7.77. The predicted octanol–water partition coefficient (Wildman–Crippen LogP) is 2.64. The molecule has 0 radical (unpaired) electrons. The second-order valence-electron chi connectivity index (χ2n) is 2.88. The summed E-state index contributed by atoms with van der Waals surface area (Å²) in [5.41, 5.74) is 2.32. The van der Waals surface area contributed by atoms with Crippen molar-refractivity contribution in [3.05, 3.63) is 53.6 Å². The van der Waals surface area contributed by atoms with Gasteiger partial charge in [0.1, 0.15) is 0 Å². The first kappa shape index (κ1) is 9.75. The summed E-state index contributed by atoms with van der Waals surface area (Å²) >= 11 is 0. The van der Waals surface area contributed by atoms with Crippen LogP contribution in [0.1, 0.15) is 12.5 Å². The quantitative estimate of drug-likeness (QED) is 0.698. The van der Waals surface area contributed by atoms with Crippen molar-refractivity contribution < 1.29 is 5.11 Å². The summed E-state index contributed by atoms with van der Waals surface area (Å²) in [6.45, 7) is 2.11. The van der Waals surface area contributed by atoms with Gasteiger partial charge in [-0.2, -0.15) is 0 Å². The first-order valence-corrected chi connectivity index (χ1v) is 4.33. The van der Waals surface area contributed by atoms with Crippen LogP contribution in [-0.2, 0) is 0 Å². The molecule has 0 atom stereocenters. The van der Waals surface area contributed by atoms with Gasteiger partial charge >= 0.3 is 0 Å². The lowest BCUT2D eigenvalue weighted by molar-refractivity contribution is 0.342. The number of benzene rings is 1. The van der Waals surface area contributed by atoms with Gasteiger partial charge in [0, 0.05) is 0 Å². The molecule has 0 aliphatic carbocycles. The molecule has 1 aromatic carbocycles. The highest BCUT2D eigenvalue weighted by molar-refractivity contribution is 5.54. The second-order valence-corrected chi connectivity index (χ2v) is 2.88. The minimum absolute atomic E-state index is 0.0972. The summed E-state index contributed by atoms with van der Waals surface area (Å²) in [5, 5.41) is 8.57. The van der Waals surface area contributed by atoms with Gasteiger partial charge in [0.05, 0.1) is 6.61 Å². The smallest absolute Gasteiger partial charge is 0.0615 e. The van der Waals surface area contributed by atoms with Crippen molar-refractivity contribution in [2.45, 2.75) is 6.92 Å². The second kappa shape index (κ2) is 5.33. The highest BCUT2D eigenvalue weighted by atomic mass is 16.2. The Hall–Kier alpha value is -1.34. The molecule has 1 aromatic rings. The van der Waals surface area contributed by atoms with E-state index in [9.17, 15) is 0 Å². The molecule has 0 saturated heterocycles. The molecule has 68 valence electrons. The molecule has 0 aliphatic heterocycles. The molecular weight excluding hydrogens is 160 g/mol. The van der Waals surface area contributed by atoms with E-state index in [2.05, 4.69) is 18.2 Å². The van der Waals surface area contributed by atoms with Crippen molar-refractivity contribution in [1.29, 1.82) is 0 Å². The largest absolute Gasteiger partial charge is 0.392 e. The van der Waals surface area contributed by atoms with Gasteiger partial charge in [-0.1, -0.05) is 54.1 Å². The first-order chi connectivity index (χ1) is 6.33. The molecule has 0 heterocycles. The molecule has 13 heavy (non-hydrogen) atoms. The van der Waals surface area contributed by atoms with Gasteiger partial charge in [0.15, 0.2) is 0 Å². The third-order valence-corrected chi connectivity index (χ3v) is 1.68. The Kier molecular flexibility index (Phi) is 4.00. The highest BCUT2D eigenvalue weighted by Crippen LogP contribution is 2.06. The Bertz CT molecular complexity index is 296. The third-order valence-electron chi connectivity index (χ3n) is 1.68. The van der Waals surface area contributed by atoms with Crippen LogP contribution in [0.25, 0.3) is 6.08 Å². The zero-order valence-electron chi connectivity index (χ0n) is 7.77. The molecule has 0 aromatic heterocycles. The SMILES string of the molecule is CC(C=CCO)=Cc1ccccc1. The summed E-state index contributed by atoms with van der Waals surface area (Å²) in [7, 11) is 0. The molecule has 1 nitrogen and oxygen atoms in total. The van der Waals surface area contributed by atoms with Crippen molar-refractivity contribution in [1.82, 2.24) is 0 Å². The maximum Gasteiger partial charge on any atom is 0.0615 e. The maximum absolute atomic E-state index is 8.57. The fourth-order valence-electron chi connectivity index (χ4n) is 1.10. The number of hydrogen-bond acceptors (Lipinski definition) is 1. The van der Waals surface area contributed by atoms with Crippen molar-refractivity contribution >= 4 is 6.08 Å². The van der Waals surface area contributed by atoms with Crippen LogP contribution >= 0.6 is 0 Å². The normalized spacial score (nSPS) is 12.3. The van der Waals surface area contributed by atoms with Crippen molar-refractivity contribution in [2.75, 3.05) is 6.61 Å². The average molecular weight is 174 g/mol. The Morgan fingerprint density at radius 1 is 1.31 bits per heavy atom. The van der Waals surface area contributed by atoms with E-state index in [1.807, 2.05) is 31.2 Å². The lowest BCUT2D eigenvalue weighted by Gasteiger charge is -1.93. The van der Waals surface area contributed by atoms with Gasteiger partial charge < -0.3 is 5.11 Å². The van der Waals surface area contributed by atoms with Crippen molar-refractivity contribution in [3.8, 4) is 0 Å². The Morgan fingerprint density at radius 3 is 2.62 bits per heavy atom. The molecule has 0 amide bonds. The number of rotatable bonds is 3. The van der Waals surface area contributed by atoms with Crippen LogP contribution in [0.15, 0.2) is 48.1 Å². The number of aliphatic hydroxyl groups is 1. The predicted molar refractivity (Wildman–Crippen MR) is 56.3 cm³/mol. The Morgan fingerprint density at radius 2 is 2.00 bits per heavy atom.